The van der Waals surface area contributed by atoms with Gasteiger partial charge in [0.1, 0.15) is 0 Å². The maximum Gasteiger partial charge on any atom is 0.0700 e. The van der Waals surface area contributed by atoms with E-state index in [0.29, 0.717) is 6.61 Å². The van der Waals surface area contributed by atoms with Gasteiger partial charge in [-0.05, 0) is 32.4 Å². The predicted octanol–water partition coefficient (Wildman–Crippen LogP) is 1.92. The van der Waals surface area contributed by atoms with Crippen molar-refractivity contribution in [3.8, 4) is 0 Å². The lowest BCUT2D eigenvalue weighted by atomic mass is 10.2. The zero-order valence-electron chi connectivity index (χ0n) is 10.0. The average Bonchev–Trinajstić information content (AvgIpc) is 2.52. The Morgan fingerprint density at radius 2 is 1.67 bits per heavy atom. The quantitative estimate of drug-likeness (QED) is 0.606. The molecule has 0 saturated carbocycles. The van der Waals surface area contributed by atoms with Gasteiger partial charge in [0.25, 0.3) is 0 Å². The Bertz CT molecular complexity index is 134. The maximum absolute atomic E-state index is 5.44. The first-order valence-corrected chi connectivity index (χ1v) is 6.22. The summed E-state index contributed by atoms with van der Waals surface area (Å²) in [4.78, 5) is 2.58. The van der Waals surface area contributed by atoms with Gasteiger partial charge in [-0.3, -0.25) is 0 Å². The minimum atomic E-state index is 0.712. The highest BCUT2D eigenvalue weighted by Crippen LogP contribution is 2.09. The summed E-state index contributed by atoms with van der Waals surface area (Å²) < 4.78 is 10.4. The van der Waals surface area contributed by atoms with Gasteiger partial charge in [0.2, 0.25) is 0 Å². The van der Waals surface area contributed by atoms with E-state index in [9.17, 15) is 0 Å². The van der Waals surface area contributed by atoms with E-state index in [2.05, 4.69) is 4.90 Å². The summed E-state index contributed by atoms with van der Waals surface area (Å²) in [6.45, 7) is 6.10. The first-order chi connectivity index (χ1) is 7.43. The topological polar surface area (TPSA) is 21.7 Å². The Hall–Kier alpha value is -0.120. The number of ether oxygens (including phenoxy) is 2. The van der Waals surface area contributed by atoms with Crippen LogP contribution < -0.4 is 0 Å². The van der Waals surface area contributed by atoms with Crippen molar-refractivity contribution in [3.63, 3.8) is 0 Å². The van der Waals surface area contributed by atoms with Gasteiger partial charge in [-0.25, -0.2) is 0 Å². The Morgan fingerprint density at radius 1 is 0.933 bits per heavy atom. The van der Waals surface area contributed by atoms with Gasteiger partial charge in [-0.1, -0.05) is 12.8 Å². The molecule has 0 aromatic carbocycles. The van der Waals surface area contributed by atoms with E-state index in [1.54, 1.807) is 7.11 Å². The van der Waals surface area contributed by atoms with E-state index in [0.717, 1.165) is 19.6 Å². The van der Waals surface area contributed by atoms with Gasteiger partial charge in [0.15, 0.2) is 0 Å². The van der Waals surface area contributed by atoms with Crippen molar-refractivity contribution in [2.75, 3.05) is 46.6 Å². The van der Waals surface area contributed by atoms with E-state index < -0.39 is 0 Å². The molecule has 1 rings (SSSR count). The SMILES string of the molecule is COCCOCCCN1CCCCCC1. The molecule has 0 aromatic rings. The van der Waals surface area contributed by atoms with Gasteiger partial charge in [0.05, 0.1) is 13.2 Å². The van der Waals surface area contributed by atoms with Crippen LogP contribution in [0.15, 0.2) is 0 Å². The molecule has 1 aliphatic heterocycles. The Labute approximate surface area is 93.7 Å². The van der Waals surface area contributed by atoms with Crippen LogP contribution in [0.4, 0.5) is 0 Å². The van der Waals surface area contributed by atoms with Crippen LogP contribution in [0.3, 0.4) is 0 Å². The largest absolute Gasteiger partial charge is 0.382 e. The van der Waals surface area contributed by atoms with E-state index >= 15 is 0 Å². The molecule has 0 aliphatic carbocycles. The third-order valence-electron chi connectivity index (χ3n) is 2.89. The number of methoxy groups -OCH3 is 1. The summed E-state index contributed by atoms with van der Waals surface area (Å²) in [6.07, 6.45) is 6.75. The lowest BCUT2D eigenvalue weighted by molar-refractivity contribution is 0.0654. The Morgan fingerprint density at radius 3 is 2.33 bits per heavy atom. The van der Waals surface area contributed by atoms with Gasteiger partial charge in [-0.15, -0.1) is 0 Å². The van der Waals surface area contributed by atoms with E-state index in [4.69, 9.17) is 9.47 Å². The van der Waals surface area contributed by atoms with E-state index in [1.807, 2.05) is 0 Å². The summed E-state index contributed by atoms with van der Waals surface area (Å²) in [5.74, 6) is 0. The van der Waals surface area contributed by atoms with Gasteiger partial charge in [0, 0.05) is 20.3 Å². The normalized spacial score (nSPS) is 19.0. The first kappa shape index (κ1) is 12.9. The van der Waals surface area contributed by atoms with Crippen molar-refractivity contribution < 1.29 is 9.47 Å². The standard InChI is InChI=1S/C12H25NO2/c1-14-11-12-15-10-6-9-13-7-4-2-3-5-8-13/h2-12H2,1H3. The molecule has 0 radical (unpaired) electrons. The fraction of sp³-hybridized carbons (Fsp3) is 1.00. The molecule has 0 N–H and O–H groups in total. The first-order valence-electron chi connectivity index (χ1n) is 6.22. The monoisotopic (exact) mass is 215 g/mol. The average molecular weight is 215 g/mol. The fourth-order valence-electron chi connectivity index (χ4n) is 1.99. The van der Waals surface area contributed by atoms with E-state index in [1.165, 1.54) is 45.3 Å². The van der Waals surface area contributed by atoms with Gasteiger partial charge < -0.3 is 14.4 Å². The van der Waals surface area contributed by atoms with Crippen LogP contribution >= 0.6 is 0 Å². The summed E-state index contributed by atoms with van der Waals surface area (Å²) in [5, 5.41) is 0. The molecule has 0 amide bonds. The van der Waals surface area contributed by atoms with Crippen LogP contribution in [-0.2, 0) is 9.47 Å². The summed E-state index contributed by atoms with van der Waals surface area (Å²) in [5.41, 5.74) is 0. The number of hydrogen-bond acceptors (Lipinski definition) is 3. The van der Waals surface area contributed by atoms with Crippen molar-refractivity contribution >= 4 is 0 Å². The number of hydrogen-bond donors (Lipinski definition) is 0. The molecular formula is C12H25NO2. The minimum absolute atomic E-state index is 0.712. The second-order valence-electron chi connectivity index (χ2n) is 4.21. The highest BCUT2D eigenvalue weighted by molar-refractivity contribution is 4.62. The van der Waals surface area contributed by atoms with Crippen molar-refractivity contribution in [3.05, 3.63) is 0 Å². The van der Waals surface area contributed by atoms with Crippen molar-refractivity contribution in [2.24, 2.45) is 0 Å². The second kappa shape index (κ2) is 9.13. The number of likely N-dealkylation sites (tertiary alicyclic amines) is 1. The number of rotatable bonds is 7. The highest BCUT2D eigenvalue weighted by Gasteiger charge is 2.07. The molecule has 15 heavy (non-hydrogen) atoms. The maximum atomic E-state index is 5.44. The Kier molecular flexibility index (Phi) is 7.88. The zero-order chi connectivity index (χ0) is 10.8. The lowest BCUT2D eigenvalue weighted by Gasteiger charge is -2.19. The van der Waals surface area contributed by atoms with Crippen LogP contribution in [-0.4, -0.2) is 51.5 Å². The van der Waals surface area contributed by atoms with E-state index in [-0.39, 0.29) is 0 Å². The molecule has 1 fully saturated rings. The third-order valence-corrected chi connectivity index (χ3v) is 2.89. The molecule has 3 heteroatoms. The van der Waals surface area contributed by atoms with Crippen LogP contribution in [0.25, 0.3) is 0 Å². The summed E-state index contributed by atoms with van der Waals surface area (Å²) in [6, 6.07) is 0. The van der Waals surface area contributed by atoms with Crippen molar-refractivity contribution in [2.45, 2.75) is 32.1 Å². The zero-order valence-corrected chi connectivity index (χ0v) is 10.0. The predicted molar refractivity (Wildman–Crippen MR) is 62.2 cm³/mol. The molecule has 90 valence electrons. The molecule has 0 aromatic heterocycles. The molecular weight excluding hydrogens is 190 g/mol. The fourth-order valence-corrected chi connectivity index (χ4v) is 1.99. The highest BCUT2D eigenvalue weighted by atomic mass is 16.5. The van der Waals surface area contributed by atoms with Crippen molar-refractivity contribution in [1.29, 1.82) is 0 Å². The lowest BCUT2D eigenvalue weighted by Crippen LogP contribution is -2.26. The van der Waals surface area contributed by atoms with Crippen LogP contribution in [0, 0.1) is 0 Å². The molecule has 0 atom stereocenters. The van der Waals surface area contributed by atoms with Crippen molar-refractivity contribution in [1.82, 2.24) is 4.90 Å². The molecule has 3 nitrogen and oxygen atoms in total. The third kappa shape index (κ3) is 6.88. The molecule has 0 unspecified atom stereocenters. The van der Waals surface area contributed by atoms with Gasteiger partial charge >= 0.3 is 0 Å². The number of nitrogens with zero attached hydrogens (tertiary/aromatic N) is 1. The molecule has 0 bridgehead atoms. The smallest absolute Gasteiger partial charge is 0.0700 e. The van der Waals surface area contributed by atoms with Crippen LogP contribution in [0.1, 0.15) is 32.1 Å². The minimum Gasteiger partial charge on any atom is -0.382 e. The second-order valence-corrected chi connectivity index (χ2v) is 4.21. The van der Waals surface area contributed by atoms with Crippen LogP contribution in [0.2, 0.25) is 0 Å². The molecule has 1 saturated heterocycles. The van der Waals surface area contributed by atoms with Gasteiger partial charge in [-0.2, -0.15) is 0 Å². The Balaban J connectivity index is 1.89. The molecule has 1 heterocycles. The molecule has 0 spiro atoms. The summed E-state index contributed by atoms with van der Waals surface area (Å²) >= 11 is 0. The summed E-state index contributed by atoms with van der Waals surface area (Å²) in [7, 11) is 1.71. The molecule has 1 aliphatic rings. The van der Waals surface area contributed by atoms with Crippen LogP contribution in [0.5, 0.6) is 0 Å².